The molecule has 0 bridgehead atoms. The summed E-state index contributed by atoms with van der Waals surface area (Å²) in [6, 6.07) is 5.04. The number of benzene rings is 1. The molecule has 0 unspecified atom stereocenters. The molecule has 1 heterocycles. The molecule has 0 atom stereocenters. The van der Waals surface area contributed by atoms with Crippen molar-refractivity contribution in [2.45, 2.75) is 6.54 Å². The van der Waals surface area contributed by atoms with Crippen molar-refractivity contribution in [1.82, 2.24) is 9.78 Å². The maximum absolute atomic E-state index is 13.2. The summed E-state index contributed by atoms with van der Waals surface area (Å²) in [6.45, 7) is 0.0276. The van der Waals surface area contributed by atoms with Crippen LogP contribution in [0.15, 0.2) is 35.3 Å². The first-order valence-corrected chi connectivity index (χ1v) is 6.27. The zero-order valence-corrected chi connectivity index (χ0v) is 11.7. The molecule has 0 amide bonds. The van der Waals surface area contributed by atoms with Crippen molar-refractivity contribution in [3.63, 3.8) is 0 Å². The average molecular weight is 291 g/mol. The van der Waals surface area contributed by atoms with Gasteiger partial charge in [0, 0.05) is 20.2 Å². The summed E-state index contributed by atoms with van der Waals surface area (Å²) < 4.78 is 14.3. The number of halogens is 1. The van der Waals surface area contributed by atoms with Gasteiger partial charge in [-0.2, -0.15) is 5.10 Å². The molecule has 1 aromatic carbocycles. The monoisotopic (exact) mass is 291 g/mol. The van der Waals surface area contributed by atoms with Gasteiger partial charge < -0.3 is 14.9 Å². The predicted octanol–water partition coefficient (Wildman–Crippen LogP) is -0.824. The van der Waals surface area contributed by atoms with Gasteiger partial charge in [0.2, 0.25) is 0 Å². The van der Waals surface area contributed by atoms with Crippen molar-refractivity contribution in [3.05, 3.63) is 52.2 Å². The third kappa shape index (κ3) is 3.47. The van der Waals surface area contributed by atoms with Gasteiger partial charge in [-0.1, -0.05) is 6.07 Å². The molecule has 21 heavy (non-hydrogen) atoms. The fourth-order valence-electron chi connectivity index (χ4n) is 1.90. The lowest BCUT2D eigenvalue weighted by molar-refractivity contribution is 0.424. The van der Waals surface area contributed by atoms with Gasteiger partial charge >= 0.3 is 7.12 Å². The van der Waals surface area contributed by atoms with Crippen molar-refractivity contribution < 1.29 is 14.4 Å². The highest BCUT2D eigenvalue weighted by Crippen LogP contribution is 2.06. The van der Waals surface area contributed by atoms with Crippen LogP contribution in [-0.4, -0.2) is 41.0 Å². The van der Waals surface area contributed by atoms with Crippen molar-refractivity contribution in [3.8, 4) is 0 Å². The van der Waals surface area contributed by atoms with Crippen molar-refractivity contribution in [2.24, 2.45) is 0 Å². The molecule has 0 radical (unpaired) electrons. The SMILES string of the molecule is CN(C)c1cnn(Cc2ccc(F)cc2B(O)O)c(=O)c1. The Labute approximate surface area is 121 Å². The second-order valence-electron chi connectivity index (χ2n) is 4.82. The Morgan fingerprint density at radius 1 is 1.33 bits per heavy atom. The fourth-order valence-corrected chi connectivity index (χ4v) is 1.90. The van der Waals surface area contributed by atoms with E-state index in [0.717, 1.165) is 6.07 Å². The Balaban J connectivity index is 2.37. The maximum atomic E-state index is 13.2. The standard InChI is InChI=1S/C13H15BFN3O3/c1-17(2)11-6-13(19)18(16-7-11)8-9-3-4-10(15)5-12(9)14(20)21/h3-7,20-21H,8H2,1-2H3. The van der Waals surface area contributed by atoms with Crippen molar-refractivity contribution in [2.75, 3.05) is 19.0 Å². The minimum Gasteiger partial charge on any atom is -0.423 e. The summed E-state index contributed by atoms with van der Waals surface area (Å²) in [5.41, 5.74) is 0.765. The van der Waals surface area contributed by atoms with E-state index in [9.17, 15) is 19.2 Å². The average Bonchev–Trinajstić information content (AvgIpc) is 2.42. The molecule has 2 N–H and O–H groups in total. The zero-order valence-electron chi connectivity index (χ0n) is 11.7. The first kappa shape index (κ1) is 15.2. The molecule has 0 fully saturated rings. The third-order valence-electron chi connectivity index (χ3n) is 3.08. The Morgan fingerprint density at radius 3 is 2.62 bits per heavy atom. The minimum absolute atomic E-state index is 0.0142. The quantitative estimate of drug-likeness (QED) is 0.719. The smallest absolute Gasteiger partial charge is 0.423 e. The fraction of sp³-hybridized carbons (Fsp3) is 0.231. The zero-order chi connectivity index (χ0) is 15.6. The van der Waals surface area contributed by atoms with Crippen LogP contribution in [0.2, 0.25) is 0 Å². The van der Waals surface area contributed by atoms with E-state index in [1.807, 2.05) is 0 Å². The lowest BCUT2D eigenvalue weighted by atomic mass is 9.77. The number of anilines is 1. The van der Waals surface area contributed by atoms with Crippen LogP contribution in [0.3, 0.4) is 0 Å². The van der Waals surface area contributed by atoms with Crippen LogP contribution < -0.4 is 15.9 Å². The number of hydrogen-bond donors (Lipinski definition) is 2. The second kappa shape index (κ2) is 6.07. The van der Waals surface area contributed by atoms with Gasteiger partial charge in [0.15, 0.2) is 0 Å². The van der Waals surface area contributed by atoms with E-state index >= 15 is 0 Å². The Morgan fingerprint density at radius 2 is 2.05 bits per heavy atom. The van der Waals surface area contributed by atoms with Crippen LogP contribution in [0.5, 0.6) is 0 Å². The first-order valence-electron chi connectivity index (χ1n) is 6.27. The number of nitrogens with zero attached hydrogens (tertiary/aromatic N) is 3. The highest BCUT2D eigenvalue weighted by atomic mass is 19.1. The largest absolute Gasteiger partial charge is 0.488 e. The first-order chi connectivity index (χ1) is 9.88. The number of aromatic nitrogens is 2. The van der Waals surface area contributed by atoms with Crippen LogP contribution in [0.4, 0.5) is 10.1 Å². The summed E-state index contributed by atoms with van der Waals surface area (Å²) in [6.07, 6.45) is 1.53. The minimum atomic E-state index is -1.81. The Kier molecular flexibility index (Phi) is 4.39. The third-order valence-corrected chi connectivity index (χ3v) is 3.08. The van der Waals surface area contributed by atoms with E-state index in [-0.39, 0.29) is 17.6 Å². The molecule has 2 aromatic rings. The molecule has 0 aliphatic rings. The molecule has 0 spiro atoms. The van der Waals surface area contributed by atoms with Crippen molar-refractivity contribution in [1.29, 1.82) is 0 Å². The highest BCUT2D eigenvalue weighted by molar-refractivity contribution is 6.59. The summed E-state index contributed by atoms with van der Waals surface area (Å²) in [7, 11) is 1.77. The van der Waals surface area contributed by atoms with Gasteiger partial charge in [-0.05, 0) is 23.2 Å². The van der Waals surface area contributed by atoms with Gasteiger partial charge in [0.25, 0.3) is 5.56 Å². The molecular formula is C13H15BFN3O3. The molecule has 2 rings (SSSR count). The summed E-state index contributed by atoms with van der Waals surface area (Å²) in [5, 5.41) is 22.6. The summed E-state index contributed by atoms with van der Waals surface area (Å²) >= 11 is 0. The van der Waals surface area contributed by atoms with Gasteiger partial charge in [0.05, 0.1) is 18.4 Å². The molecule has 1 aromatic heterocycles. The van der Waals surface area contributed by atoms with E-state index in [4.69, 9.17) is 0 Å². The number of rotatable bonds is 4. The van der Waals surface area contributed by atoms with Crippen molar-refractivity contribution >= 4 is 18.3 Å². The van der Waals surface area contributed by atoms with E-state index in [1.54, 1.807) is 19.0 Å². The lowest BCUT2D eigenvalue weighted by Crippen LogP contribution is -2.35. The molecule has 0 aliphatic heterocycles. The maximum Gasteiger partial charge on any atom is 0.488 e. The lowest BCUT2D eigenvalue weighted by Gasteiger charge is -2.13. The normalized spacial score (nSPS) is 10.5. The molecule has 0 aliphatic carbocycles. The highest BCUT2D eigenvalue weighted by Gasteiger charge is 2.17. The van der Waals surface area contributed by atoms with E-state index in [0.29, 0.717) is 11.3 Å². The molecule has 0 saturated carbocycles. The summed E-state index contributed by atoms with van der Waals surface area (Å²) in [4.78, 5) is 13.7. The molecule has 0 saturated heterocycles. The van der Waals surface area contributed by atoms with Gasteiger partial charge in [-0.15, -0.1) is 0 Å². The van der Waals surface area contributed by atoms with Crippen LogP contribution in [-0.2, 0) is 6.54 Å². The van der Waals surface area contributed by atoms with Gasteiger partial charge in [-0.3, -0.25) is 4.79 Å². The second-order valence-corrected chi connectivity index (χ2v) is 4.82. The predicted molar refractivity (Wildman–Crippen MR) is 78.2 cm³/mol. The topological polar surface area (TPSA) is 78.6 Å². The summed E-state index contributed by atoms with van der Waals surface area (Å²) in [5.74, 6) is -0.579. The van der Waals surface area contributed by atoms with Gasteiger partial charge in [-0.25, -0.2) is 9.07 Å². The molecular weight excluding hydrogens is 276 g/mol. The van der Waals surface area contributed by atoms with E-state index < -0.39 is 12.9 Å². The van der Waals surface area contributed by atoms with Crippen LogP contribution in [0.25, 0.3) is 0 Å². The van der Waals surface area contributed by atoms with E-state index in [1.165, 1.54) is 29.1 Å². The molecule has 110 valence electrons. The van der Waals surface area contributed by atoms with E-state index in [2.05, 4.69) is 5.10 Å². The molecule has 6 nitrogen and oxygen atoms in total. The van der Waals surface area contributed by atoms with Gasteiger partial charge in [0.1, 0.15) is 5.82 Å². The molecule has 8 heteroatoms. The van der Waals surface area contributed by atoms with Crippen LogP contribution >= 0.6 is 0 Å². The Hall–Kier alpha value is -2.19. The Bertz CT molecular complexity index is 703. The van der Waals surface area contributed by atoms with Crippen LogP contribution in [0, 0.1) is 5.82 Å². The number of hydrogen-bond acceptors (Lipinski definition) is 5. The van der Waals surface area contributed by atoms with Crippen LogP contribution in [0.1, 0.15) is 5.56 Å².